The molecule has 2 aromatic rings. The number of hydrogen-bond donors (Lipinski definition) is 2. The minimum Gasteiger partial charge on any atom is -0.508 e. The third-order valence-electron chi connectivity index (χ3n) is 3.00. The Bertz CT molecular complexity index is 552. The van der Waals surface area contributed by atoms with Gasteiger partial charge in [0.15, 0.2) is 0 Å². The summed E-state index contributed by atoms with van der Waals surface area (Å²) in [5, 5.41) is 13.2. The zero-order chi connectivity index (χ0) is 13.1. The SMILES string of the molecule is Cc1ccc(NC(C)c2ccccc2O)c(C)n1. The molecule has 18 heavy (non-hydrogen) atoms. The summed E-state index contributed by atoms with van der Waals surface area (Å²) in [5.74, 6) is 0.315. The number of aryl methyl sites for hydroxylation is 2. The fourth-order valence-electron chi connectivity index (χ4n) is 2.00. The highest BCUT2D eigenvalue weighted by Crippen LogP contribution is 2.27. The second kappa shape index (κ2) is 5.08. The van der Waals surface area contributed by atoms with Crippen LogP contribution in [0.15, 0.2) is 36.4 Å². The summed E-state index contributed by atoms with van der Waals surface area (Å²) < 4.78 is 0. The fraction of sp³-hybridized carbons (Fsp3) is 0.267. The first-order chi connectivity index (χ1) is 8.58. The van der Waals surface area contributed by atoms with Crippen LogP contribution in [0.4, 0.5) is 5.69 Å². The molecular formula is C15H18N2O. The molecule has 0 saturated heterocycles. The van der Waals surface area contributed by atoms with Crippen molar-refractivity contribution in [3.63, 3.8) is 0 Å². The van der Waals surface area contributed by atoms with Gasteiger partial charge in [-0.3, -0.25) is 4.98 Å². The number of benzene rings is 1. The van der Waals surface area contributed by atoms with Gasteiger partial charge in [0.2, 0.25) is 0 Å². The third-order valence-corrected chi connectivity index (χ3v) is 3.00. The van der Waals surface area contributed by atoms with Crippen molar-refractivity contribution in [1.29, 1.82) is 0 Å². The average molecular weight is 242 g/mol. The zero-order valence-corrected chi connectivity index (χ0v) is 10.9. The summed E-state index contributed by atoms with van der Waals surface area (Å²) in [6, 6.07) is 11.4. The van der Waals surface area contributed by atoms with Gasteiger partial charge < -0.3 is 10.4 Å². The van der Waals surface area contributed by atoms with Crippen LogP contribution < -0.4 is 5.32 Å². The summed E-state index contributed by atoms with van der Waals surface area (Å²) in [7, 11) is 0. The van der Waals surface area contributed by atoms with Gasteiger partial charge in [-0.1, -0.05) is 18.2 Å². The monoisotopic (exact) mass is 242 g/mol. The maximum absolute atomic E-state index is 9.82. The van der Waals surface area contributed by atoms with Gasteiger partial charge in [0, 0.05) is 11.3 Å². The maximum Gasteiger partial charge on any atom is 0.120 e. The number of anilines is 1. The van der Waals surface area contributed by atoms with Crippen molar-refractivity contribution in [3.05, 3.63) is 53.3 Å². The first-order valence-electron chi connectivity index (χ1n) is 6.06. The van der Waals surface area contributed by atoms with E-state index in [1.165, 1.54) is 0 Å². The van der Waals surface area contributed by atoms with Crippen LogP contribution in [0, 0.1) is 13.8 Å². The van der Waals surface area contributed by atoms with Gasteiger partial charge in [-0.15, -0.1) is 0 Å². The summed E-state index contributed by atoms with van der Waals surface area (Å²) in [4.78, 5) is 4.42. The maximum atomic E-state index is 9.82. The van der Waals surface area contributed by atoms with E-state index in [-0.39, 0.29) is 6.04 Å². The van der Waals surface area contributed by atoms with Gasteiger partial charge in [0.1, 0.15) is 5.75 Å². The number of nitrogens with zero attached hydrogens (tertiary/aromatic N) is 1. The molecule has 1 unspecified atom stereocenters. The van der Waals surface area contributed by atoms with Crippen LogP contribution in [-0.2, 0) is 0 Å². The standard InChI is InChI=1S/C15H18N2O/c1-10-8-9-14(12(3)16-10)17-11(2)13-6-4-5-7-15(13)18/h4-9,11,17-18H,1-3H3. The minimum atomic E-state index is 0.0365. The molecule has 0 aliphatic carbocycles. The summed E-state index contributed by atoms with van der Waals surface area (Å²) in [6.07, 6.45) is 0. The zero-order valence-electron chi connectivity index (χ0n) is 10.9. The van der Waals surface area contributed by atoms with Crippen LogP contribution in [0.2, 0.25) is 0 Å². The first-order valence-corrected chi connectivity index (χ1v) is 6.06. The molecule has 0 aliphatic rings. The van der Waals surface area contributed by atoms with Crippen LogP contribution >= 0.6 is 0 Å². The molecule has 1 aromatic heterocycles. The number of para-hydroxylation sites is 1. The van der Waals surface area contributed by atoms with Gasteiger partial charge >= 0.3 is 0 Å². The van der Waals surface area contributed by atoms with Crippen molar-refractivity contribution in [1.82, 2.24) is 4.98 Å². The topological polar surface area (TPSA) is 45.1 Å². The van der Waals surface area contributed by atoms with Crippen LogP contribution in [-0.4, -0.2) is 10.1 Å². The lowest BCUT2D eigenvalue weighted by atomic mass is 10.1. The predicted molar refractivity (Wildman–Crippen MR) is 73.9 cm³/mol. The molecule has 0 bridgehead atoms. The van der Waals surface area contributed by atoms with E-state index in [9.17, 15) is 5.11 Å². The number of phenolic OH excluding ortho intramolecular Hbond substituents is 1. The van der Waals surface area contributed by atoms with Crippen molar-refractivity contribution < 1.29 is 5.11 Å². The molecule has 3 nitrogen and oxygen atoms in total. The van der Waals surface area contributed by atoms with E-state index in [0.717, 1.165) is 22.6 Å². The summed E-state index contributed by atoms with van der Waals surface area (Å²) in [5.41, 5.74) is 3.86. The Labute approximate surface area is 108 Å². The molecule has 2 rings (SSSR count). The second-order valence-electron chi connectivity index (χ2n) is 4.51. The molecule has 94 valence electrons. The Morgan fingerprint density at radius 1 is 1.11 bits per heavy atom. The number of aromatic nitrogens is 1. The first kappa shape index (κ1) is 12.4. The van der Waals surface area contributed by atoms with Crippen molar-refractivity contribution in [2.45, 2.75) is 26.8 Å². The highest BCUT2D eigenvalue weighted by molar-refractivity contribution is 5.50. The third kappa shape index (κ3) is 2.62. The fourth-order valence-corrected chi connectivity index (χ4v) is 2.00. The lowest BCUT2D eigenvalue weighted by Crippen LogP contribution is -2.08. The van der Waals surface area contributed by atoms with Gasteiger partial charge in [-0.25, -0.2) is 0 Å². The van der Waals surface area contributed by atoms with Gasteiger partial charge in [0.25, 0.3) is 0 Å². The molecule has 0 amide bonds. The molecule has 0 saturated carbocycles. The smallest absolute Gasteiger partial charge is 0.120 e. The summed E-state index contributed by atoms with van der Waals surface area (Å²) >= 11 is 0. The van der Waals surface area contributed by atoms with Crippen molar-refractivity contribution in [3.8, 4) is 5.75 Å². The normalized spacial score (nSPS) is 12.2. The van der Waals surface area contributed by atoms with Crippen LogP contribution in [0.5, 0.6) is 5.75 Å². The second-order valence-corrected chi connectivity index (χ2v) is 4.51. The predicted octanol–water partition coefficient (Wildman–Crippen LogP) is 3.58. The van der Waals surface area contributed by atoms with Crippen LogP contribution in [0.3, 0.4) is 0 Å². The molecule has 0 aliphatic heterocycles. The quantitative estimate of drug-likeness (QED) is 0.864. The lowest BCUT2D eigenvalue weighted by molar-refractivity contribution is 0.465. The van der Waals surface area contributed by atoms with E-state index >= 15 is 0 Å². The van der Waals surface area contributed by atoms with Gasteiger partial charge in [-0.05, 0) is 39.0 Å². The van der Waals surface area contributed by atoms with Gasteiger partial charge in [0.05, 0.1) is 17.4 Å². The molecule has 0 spiro atoms. The molecule has 1 heterocycles. The van der Waals surface area contributed by atoms with E-state index in [0.29, 0.717) is 5.75 Å². The van der Waals surface area contributed by atoms with E-state index in [4.69, 9.17) is 0 Å². The van der Waals surface area contributed by atoms with E-state index in [1.54, 1.807) is 6.07 Å². The van der Waals surface area contributed by atoms with Crippen molar-refractivity contribution >= 4 is 5.69 Å². The van der Waals surface area contributed by atoms with Crippen molar-refractivity contribution in [2.75, 3.05) is 5.32 Å². The molecule has 0 radical (unpaired) electrons. The Kier molecular flexibility index (Phi) is 3.51. The molecule has 3 heteroatoms. The molecule has 0 fully saturated rings. The highest BCUT2D eigenvalue weighted by atomic mass is 16.3. The highest BCUT2D eigenvalue weighted by Gasteiger charge is 2.10. The lowest BCUT2D eigenvalue weighted by Gasteiger charge is -2.18. The molecule has 2 N–H and O–H groups in total. The summed E-state index contributed by atoms with van der Waals surface area (Å²) in [6.45, 7) is 5.98. The molecular weight excluding hydrogens is 224 g/mol. The van der Waals surface area contributed by atoms with E-state index in [1.807, 2.05) is 51.1 Å². The Hall–Kier alpha value is -2.03. The van der Waals surface area contributed by atoms with E-state index < -0.39 is 0 Å². The number of nitrogens with one attached hydrogen (secondary N) is 1. The number of pyridine rings is 1. The Balaban J connectivity index is 2.21. The minimum absolute atomic E-state index is 0.0365. The van der Waals surface area contributed by atoms with Crippen LogP contribution in [0.1, 0.15) is 29.9 Å². The molecule has 1 atom stereocenters. The number of aromatic hydroxyl groups is 1. The van der Waals surface area contributed by atoms with Gasteiger partial charge in [-0.2, -0.15) is 0 Å². The number of rotatable bonds is 3. The number of hydrogen-bond acceptors (Lipinski definition) is 3. The largest absolute Gasteiger partial charge is 0.508 e. The number of phenols is 1. The van der Waals surface area contributed by atoms with E-state index in [2.05, 4.69) is 10.3 Å². The Morgan fingerprint density at radius 2 is 1.83 bits per heavy atom. The Morgan fingerprint density at radius 3 is 2.50 bits per heavy atom. The van der Waals surface area contributed by atoms with Crippen LogP contribution in [0.25, 0.3) is 0 Å². The molecule has 1 aromatic carbocycles. The average Bonchev–Trinajstić information content (AvgIpc) is 2.33. The van der Waals surface area contributed by atoms with Crippen molar-refractivity contribution in [2.24, 2.45) is 0 Å².